The maximum Gasteiger partial charge on any atom is 0.270 e. The summed E-state index contributed by atoms with van der Waals surface area (Å²) in [5.74, 6) is -0.561. The first-order valence-electron chi connectivity index (χ1n) is 6.39. The van der Waals surface area contributed by atoms with Crippen LogP contribution < -0.4 is 10.6 Å². The van der Waals surface area contributed by atoms with E-state index in [2.05, 4.69) is 25.3 Å². The van der Waals surface area contributed by atoms with Crippen molar-refractivity contribution in [1.82, 2.24) is 29.6 Å². The molecule has 2 N–H and O–H groups in total. The summed E-state index contributed by atoms with van der Waals surface area (Å²) in [7, 11) is 0. The molecule has 0 aromatic carbocycles. The first-order chi connectivity index (χ1) is 10.1. The smallest absolute Gasteiger partial charge is 0.270 e. The fourth-order valence-electron chi connectivity index (χ4n) is 2.27. The van der Waals surface area contributed by atoms with Gasteiger partial charge in [-0.2, -0.15) is 0 Å². The molecule has 3 aromatic rings. The highest BCUT2D eigenvalue weighted by Gasteiger charge is 2.32. The molecule has 1 amide bonds. The van der Waals surface area contributed by atoms with E-state index in [9.17, 15) is 4.79 Å². The summed E-state index contributed by atoms with van der Waals surface area (Å²) < 4.78 is 3.47. The normalized spacial score (nSPS) is 15.6. The Kier molecular flexibility index (Phi) is 2.48. The lowest BCUT2D eigenvalue weighted by molar-refractivity contribution is 0.0995. The van der Waals surface area contributed by atoms with E-state index < -0.39 is 5.91 Å². The predicted molar refractivity (Wildman–Crippen MR) is 75.4 cm³/mol. The maximum atomic E-state index is 11.0. The van der Waals surface area contributed by atoms with Crippen molar-refractivity contribution in [2.75, 3.05) is 18.0 Å². The Labute approximate surface area is 123 Å². The molecule has 0 bridgehead atoms. The Balaban J connectivity index is 1.48. The first kappa shape index (κ1) is 12.3. The molecule has 0 unspecified atom stereocenters. The van der Waals surface area contributed by atoms with Gasteiger partial charge in [0, 0.05) is 13.1 Å². The molecular formula is C11H12N8OS. The van der Waals surface area contributed by atoms with Crippen LogP contribution in [0.1, 0.15) is 22.2 Å². The van der Waals surface area contributed by atoms with E-state index >= 15 is 0 Å². The maximum absolute atomic E-state index is 11.0. The Morgan fingerprint density at radius 2 is 2.24 bits per heavy atom. The van der Waals surface area contributed by atoms with Gasteiger partial charge in [-0.25, -0.2) is 14.2 Å². The number of fused-ring (bicyclic) bond motifs is 1. The summed E-state index contributed by atoms with van der Waals surface area (Å²) in [5, 5.41) is 13.1. The van der Waals surface area contributed by atoms with Gasteiger partial charge in [-0.15, -0.1) is 10.2 Å². The van der Waals surface area contributed by atoms with Gasteiger partial charge in [0.2, 0.25) is 10.1 Å². The second kappa shape index (κ2) is 4.25. The van der Waals surface area contributed by atoms with Crippen molar-refractivity contribution in [2.24, 2.45) is 5.73 Å². The fraction of sp³-hybridized carbons (Fsp3) is 0.364. The number of nitrogens with two attached hydrogens (primary N) is 1. The Hall–Kier alpha value is -2.49. The van der Waals surface area contributed by atoms with Crippen LogP contribution >= 0.6 is 11.3 Å². The number of carbonyl (C=O) groups is 1. The van der Waals surface area contributed by atoms with Gasteiger partial charge in [0.1, 0.15) is 0 Å². The van der Waals surface area contributed by atoms with Crippen molar-refractivity contribution in [2.45, 2.75) is 13.0 Å². The lowest BCUT2D eigenvalue weighted by Crippen LogP contribution is -2.48. The molecule has 21 heavy (non-hydrogen) atoms. The van der Waals surface area contributed by atoms with Gasteiger partial charge in [-0.1, -0.05) is 16.6 Å². The number of anilines is 1. The summed E-state index contributed by atoms with van der Waals surface area (Å²) in [4.78, 5) is 18.4. The molecule has 1 saturated heterocycles. The number of carbonyl (C=O) groups excluding carboxylic acids is 1. The summed E-state index contributed by atoms with van der Waals surface area (Å²) in [6.45, 7) is 3.50. The van der Waals surface area contributed by atoms with Crippen molar-refractivity contribution in [3.63, 3.8) is 0 Å². The standard InChI is InChI=1S/C11H12N8OS/c1-6-2-19-10(13-6)21-11(15-19)17-3-7(4-17)18-5-8(9(12)20)14-16-18/h2,5,7H,3-4H2,1H3,(H2,12,20). The second-order valence-corrected chi connectivity index (χ2v) is 5.94. The van der Waals surface area contributed by atoms with E-state index in [1.807, 2.05) is 13.1 Å². The van der Waals surface area contributed by atoms with E-state index in [4.69, 9.17) is 5.73 Å². The Morgan fingerprint density at radius 1 is 1.43 bits per heavy atom. The van der Waals surface area contributed by atoms with Gasteiger partial charge < -0.3 is 10.6 Å². The molecule has 0 radical (unpaired) electrons. The number of amides is 1. The molecule has 1 aliphatic heterocycles. The van der Waals surface area contributed by atoms with E-state index in [1.54, 1.807) is 26.7 Å². The summed E-state index contributed by atoms with van der Waals surface area (Å²) >= 11 is 1.56. The second-order valence-electron chi connectivity index (χ2n) is 5.00. The minimum absolute atomic E-state index is 0.184. The number of imidazole rings is 1. The Bertz CT molecular complexity index is 795. The average Bonchev–Trinajstić information content (AvgIpc) is 3.01. The van der Waals surface area contributed by atoms with Crippen LogP contribution in [-0.2, 0) is 0 Å². The predicted octanol–water partition coefficient (Wildman–Crippen LogP) is -0.149. The topological polar surface area (TPSA) is 107 Å². The summed E-state index contributed by atoms with van der Waals surface area (Å²) in [6, 6.07) is 0.184. The molecular weight excluding hydrogens is 292 g/mol. The number of aromatic nitrogens is 6. The first-order valence-corrected chi connectivity index (χ1v) is 7.21. The van der Waals surface area contributed by atoms with Crippen molar-refractivity contribution in [3.05, 3.63) is 23.8 Å². The van der Waals surface area contributed by atoms with Crippen LogP contribution in [0.4, 0.5) is 5.13 Å². The van der Waals surface area contributed by atoms with Gasteiger partial charge in [-0.05, 0) is 6.92 Å². The minimum Gasteiger partial charge on any atom is -0.364 e. The van der Waals surface area contributed by atoms with Crippen LogP contribution in [-0.4, -0.2) is 48.6 Å². The summed E-state index contributed by atoms with van der Waals surface area (Å²) in [6.07, 6.45) is 3.49. The lowest BCUT2D eigenvalue weighted by atomic mass is 10.1. The van der Waals surface area contributed by atoms with Crippen LogP contribution in [0.5, 0.6) is 0 Å². The van der Waals surface area contributed by atoms with Crippen molar-refractivity contribution >= 4 is 27.3 Å². The number of nitrogens with zero attached hydrogens (tertiary/aromatic N) is 7. The van der Waals surface area contributed by atoms with Gasteiger partial charge in [0.05, 0.1) is 24.1 Å². The SMILES string of the molecule is Cc1cn2nc(N3CC(n4cc(C(N)=O)nn4)C3)sc2n1. The van der Waals surface area contributed by atoms with Gasteiger partial charge in [-0.3, -0.25) is 4.79 Å². The number of aryl methyl sites for hydroxylation is 1. The molecule has 0 spiro atoms. The highest BCUT2D eigenvalue weighted by atomic mass is 32.1. The zero-order valence-corrected chi connectivity index (χ0v) is 12.0. The zero-order valence-electron chi connectivity index (χ0n) is 11.2. The minimum atomic E-state index is -0.561. The average molecular weight is 304 g/mol. The van der Waals surface area contributed by atoms with Crippen molar-refractivity contribution < 1.29 is 4.79 Å². The quantitative estimate of drug-likeness (QED) is 0.721. The lowest BCUT2D eigenvalue weighted by Gasteiger charge is -2.38. The Morgan fingerprint density at radius 3 is 2.90 bits per heavy atom. The molecule has 1 fully saturated rings. The fourth-order valence-corrected chi connectivity index (χ4v) is 3.22. The third-order valence-electron chi connectivity index (χ3n) is 3.42. The number of hydrogen-bond acceptors (Lipinski definition) is 7. The van der Waals surface area contributed by atoms with Gasteiger partial charge in [0.25, 0.3) is 5.91 Å². The molecule has 0 saturated carbocycles. The van der Waals surface area contributed by atoms with E-state index in [-0.39, 0.29) is 11.7 Å². The van der Waals surface area contributed by atoms with Crippen LogP contribution in [0.3, 0.4) is 0 Å². The zero-order chi connectivity index (χ0) is 14.6. The van der Waals surface area contributed by atoms with Gasteiger partial charge >= 0.3 is 0 Å². The number of hydrogen-bond donors (Lipinski definition) is 1. The third-order valence-corrected chi connectivity index (χ3v) is 4.41. The molecule has 1 aliphatic rings. The molecule has 0 atom stereocenters. The van der Waals surface area contributed by atoms with E-state index in [0.29, 0.717) is 0 Å². The third kappa shape index (κ3) is 1.95. The monoisotopic (exact) mass is 304 g/mol. The van der Waals surface area contributed by atoms with Crippen molar-refractivity contribution in [3.8, 4) is 0 Å². The molecule has 9 nitrogen and oxygen atoms in total. The molecule has 10 heteroatoms. The van der Waals surface area contributed by atoms with Crippen LogP contribution in [0.2, 0.25) is 0 Å². The summed E-state index contributed by atoms with van der Waals surface area (Å²) in [5.41, 5.74) is 6.32. The van der Waals surface area contributed by atoms with E-state index in [0.717, 1.165) is 28.9 Å². The van der Waals surface area contributed by atoms with Crippen molar-refractivity contribution in [1.29, 1.82) is 0 Å². The van der Waals surface area contributed by atoms with Gasteiger partial charge in [0.15, 0.2) is 5.69 Å². The molecule has 4 heterocycles. The largest absolute Gasteiger partial charge is 0.364 e. The van der Waals surface area contributed by atoms with Crippen LogP contribution in [0, 0.1) is 6.92 Å². The molecule has 108 valence electrons. The highest BCUT2D eigenvalue weighted by Crippen LogP contribution is 2.30. The number of rotatable bonds is 3. The number of primary amides is 1. The van der Waals surface area contributed by atoms with E-state index in [1.165, 1.54) is 0 Å². The molecule has 0 aliphatic carbocycles. The molecule has 3 aromatic heterocycles. The van der Waals surface area contributed by atoms with Crippen LogP contribution in [0.15, 0.2) is 12.4 Å². The highest BCUT2D eigenvalue weighted by molar-refractivity contribution is 7.20. The van der Waals surface area contributed by atoms with Crippen LogP contribution in [0.25, 0.3) is 4.96 Å². The molecule has 4 rings (SSSR count).